The first kappa shape index (κ1) is 24.5. The number of hydrogen-bond acceptors (Lipinski definition) is 4. The van der Waals surface area contributed by atoms with Crippen molar-refractivity contribution in [1.29, 1.82) is 0 Å². The van der Waals surface area contributed by atoms with Gasteiger partial charge >= 0.3 is 0 Å². The molecule has 1 saturated carbocycles. The molecule has 2 aromatic carbocycles. The number of hydrazine groups is 1. The number of nitrogens with two attached hydrogens (primary N) is 3. The van der Waals surface area contributed by atoms with E-state index in [9.17, 15) is 9.18 Å². The highest BCUT2D eigenvalue weighted by molar-refractivity contribution is 6.30. The normalized spacial score (nSPS) is 12.9. The Morgan fingerprint density at radius 3 is 2.00 bits per heavy atom. The summed E-state index contributed by atoms with van der Waals surface area (Å²) in [5.74, 6) is 4.73. The van der Waals surface area contributed by atoms with Gasteiger partial charge in [-0.25, -0.2) is 4.39 Å². The second-order valence-corrected chi connectivity index (χ2v) is 6.95. The summed E-state index contributed by atoms with van der Waals surface area (Å²) in [5.41, 5.74) is 15.2. The van der Waals surface area contributed by atoms with Crippen LogP contribution in [0.5, 0.6) is 0 Å². The molecule has 0 aliphatic heterocycles. The molecule has 1 aliphatic carbocycles. The lowest BCUT2D eigenvalue weighted by molar-refractivity contribution is -0.117. The van der Waals surface area contributed by atoms with E-state index in [1.807, 2.05) is 12.1 Å². The largest absolute Gasteiger partial charge is 0.403 e. The average molecular weight is 421 g/mol. The quantitative estimate of drug-likeness (QED) is 0.424. The maximum absolute atomic E-state index is 13.8. The second kappa shape index (κ2) is 13.6. The molecule has 7 heteroatoms. The van der Waals surface area contributed by atoms with Crippen LogP contribution >= 0.6 is 11.6 Å². The van der Waals surface area contributed by atoms with Crippen LogP contribution in [0.15, 0.2) is 48.7 Å². The zero-order chi connectivity index (χ0) is 21.6. The number of rotatable bonds is 4. The van der Waals surface area contributed by atoms with E-state index in [1.54, 1.807) is 31.2 Å². The van der Waals surface area contributed by atoms with Gasteiger partial charge in [0, 0.05) is 28.8 Å². The summed E-state index contributed by atoms with van der Waals surface area (Å²) >= 11 is 5.73. The van der Waals surface area contributed by atoms with Gasteiger partial charge in [-0.2, -0.15) is 0 Å². The lowest BCUT2D eigenvalue weighted by Gasteiger charge is -2.08. The molecule has 0 aromatic heterocycles. The predicted octanol–water partition coefficient (Wildman–Crippen LogP) is 4.70. The maximum atomic E-state index is 13.8. The fourth-order valence-corrected chi connectivity index (χ4v) is 2.82. The Morgan fingerprint density at radius 2 is 1.62 bits per heavy atom. The second-order valence-electron chi connectivity index (χ2n) is 6.51. The van der Waals surface area contributed by atoms with Crippen molar-refractivity contribution in [2.75, 3.05) is 0 Å². The summed E-state index contributed by atoms with van der Waals surface area (Å²) in [6, 6.07) is 11.8. The molecule has 0 spiro atoms. The number of benzene rings is 2. The number of hydrogen-bond donors (Lipinski definition) is 4. The number of carbonyl (C=O) groups excluding carboxylic acids is 1. The standard InChI is InChI=1S/C14H13ClFN3.C5H10.C3H7NO/c15-11-5-6-12(13(16)7-11)9-1-3-10(4-2-9)14(8-17)19-18;1-2-4-5-3-1;1-2-3(4)5/h1-8,19H,17-18H2;1-5H2;2H2,1H3,(H2,4,5)/b14-8-;;. The lowest BCUT2D eigenvalue weighted by Crippen LogP contribution is -2.20. The van der Waals surface area contributed by atoms with E-state index in [2.05, 4.69) is 11.2 Å². The van der Waals surface area contributed by atoms with Gasteiger partial charge in [0.2, 0.25) is 5.91 Å². The van der Waals surface area contributed by atoms with E-state index >= 15 is 0 Å². The monoisotopic (exact) mass is 420 g/mol. The van der Waals surface area contributed by atoms with Crippen LogP contribution in [0.4, 0.5) is 4.39 Å². The van der Waals surface area contributed by atoms with Gasteiger partial charge in [0.05, 0.1) is 5.70 Å². The van der Waals surface area contributed by atoms with Crippen molar-refractivity contribution in [2.45, 2.75) is 45.4 Å². The number of primary amides is 1. The zero-order valence-electron chi connectivity index (χ0n) is 16.8. The molecule has 1 aliphatic rings. The van der Waals surface area contributed by atoms with Gasteiger partial charge in [0.1, 0.15) is 5.82 Å². The van der Waals surface area contributed by atoms with Crippen molar-refractivity contribution in [3.63, 3.8) is 0 Å². The molecule has 0 unspecified atom stereocenters. The van der Waals surface area contributed by atoms with Gasteiger partial charge in [-0.15, -0.1) is 0 Å². The van der Waals surface area contributed by atoms with Gasteiger partial charge in [-0.05, 0) is 23.8 Å². The summed E-state index contributed by atoms with van der Waals surface area (Å²) in [6.45, 7) is 1.72. The van der Waals surface area contributed by atoms with Crippen LogP contribution in [0.2, 0.25) is 5.02 Å². The van der Waals surface area contributed by atoms with Crippen molar-refractivity contribution in [3.05, 3.63) is 65.1 Å². The number of carbonyl (C=O) groups is 1. The van der Waals surface area contributed by atoms with Crippen molar-refractivity contribution >= 4 is 23.2 Å². The Morgan fingerprint density at radius 1 is 1.10 bits per heavy atom. The third-order valence-corrected chi connectivity index (χ3v) is 4.59. The zero-order valence-corrected chi connectivity index (χ0v) is 17.5. The molecule has 5 nitrogen and oxygen atoms in total. The first-order valence-corrected chi connectivity index (χ1v) is 10.0. The summed E-state index contributed by atoms with van der Waals surface area (Å²) in [7, 11) is 0. The fraction of sp³-hybridized carbons (Fsp3) is 0.318. The summed E-state index contributed by atoms with van der Waals surface area (Å²) in [4.78, 5) is 9.59. The molecule has 0 bridgehead atoms. The topological polar surface area (TPSA) is 107 Å². The third kappa shape index (κ3) is 8.98. The van der Waals surface area contributed by atoms with Gasteiger partial charge < -0.3 is 16.9 Å². The van der Waals surface area contributed by atoms with E-state index < -0.39 is 0 Å². The smallest absolute Gasteiger partial charge is 0.217 e. The molecule has 1 fully saturated rings. The minimum Gasteiger partial charge on any atom is -0.403 e. The molecule has 29 heavy (non-hydrogen) atoms. The van der Waals surface area contributed by atoms with E-state index in [4.69, 9.17) is 23.2 Å². The molecule has 0 heterocycles. The van der Waals surface area contributed by atoms with Gasteiger partial charge in [0.15, 0.2) is 0 Å². The number of halogens is 2. The van der Waals surface area contributed by atoms with Crippen LogP contribution in [0, 0.1) is 5.82 Å². The van der Waals surface area contributed by atoms with Crippen molar-refractivity contribution in [3.8, 4) is 11.1 Å². The number of amides is 1. The molecule has 0 atom stereocenters. The first-order chi connectivity index (χ1) is 13.9. The van der Waals surface area contributed by atoms with Crippen LogP contribution in [0.25, 0.3) is 16.8 Å². The Balaban J connectivity index is 0.000000344. The third-order valence-electron chi connectivity index (χ3n) is 4.36. The van der Waals surface area contributed by atoms with E-state index in [0.29, 0.717) is 22.7 Å². The molecule has 0 saturated heterocycles. The minimum atomic E-state index is -0.355. The van der Waals surface area contributed by atoms with Crippen molar-refractivity contribution in [2.24, 2.45) is 17.3 Å². The van der Waals surface area contributed by atoms with Crippen LogP contribution in [-0.4, -0.2) is 5.91 Å². The molecule has 3 rings (SSSR count). The Labute approximate surface area is 177 Å². The van der Waals surface area contributed by atoms with Crippen LogP contribution < -0.4 is 22.7 Å². The molecule has 2 aromatic rings. The highest BCUT2D eigenvalue weighted by Crippen LogP contribution is 2.26. The highest BCUT2D eigenvalue weighted by atomic mass is 35.5. The predicted molar refractivity (Wildman–Crippen MR) is 119 cm³/mol. The molecular weight excluding hydrogens is 391 g/mol. The Kier molecular flexibility index (Phi) is 11.5. The molecule has 0 radical (unpaired) electrons. The summed E-state index contributed by atoms with van der Waals surface area (Å²) < 4.78 is 13.8. The molecule has 158 valence electrons. The minimum absolute atomic E-state index is 0.245. The van der Waals surface area contributed by atoms with E-state index in [0.717, 1.165) is 11.1 Å². The van der Waals surface area contributed by atoms with Crippen LogP contribution in [-0.2, 0) is 4.79 Å². The molecular formula is C22H30ClFN4O. The van der Waals surface area contributed by atoms with E-state index in [-0.39, 0.29) is 11.7 Å². The van der Waals surface area contributed by atoms with E-state index in [1.165, 1.54) is 44.4 Å². The SMILES string of the molecule is C1CCCC1.CCC(N)=O.N/C=C(\NN)c1ccc(-c2ccc(Cl)cc2F)cc1. The summed E-state index contributed by atoms with van der Waals surface area (Å²) in [5, 5.41) is 0.374. The Bertz CT molecular complexity index is 782. The van der Waals surface area contributed by atoms with Crippen LogP contribution in [0.3, 0.4) is 0 Å². The van der Waals surface area contributed by atoms with Gasteiger partial charge in [-0.1, -0.05) is 74.9 Å². The van der Waals surface area contributed by atoms with Crippen molar-refractivity contribution < 1.29 is 9.18 Å². The maximum Gasteiger partial charge on any atom is 0.217 e. The highest BCUT2D eigenvalue weighted by Gasteiger charge is 2.06. The van der Waals surface area contributed by atoms with Crippen molar-refractivity contribution in [1.82, 2.24) is 5.43 Å². The Hall–Kier alpha value is -2.57. The first-order valence-electron chi connectivity index (χ1n) is 9.65. The summed E-state index contributed by atoms with van der Waals surface area (Å²) in [6.07, 6.45) is 9.32. The van der Waals surface area contributed by atoms with Gasteiger partial charge in [-0.3, -0.25) is 10.6 Å². The van der Waals surface area contributed by atoms with Crippen LogP contribution in [0.1, 0.15) is 51.0 Å². The molecule has 7 N–H and O–H groups in total. The average Bonchev–Trinajstić information content (AvgIpc) is 3.30. The van der Waals surface area contributed by atoms with Gasteiger partial charge in [0.25, 0.3) is 0 Å². The lowest BCUT2D eigenvalue weighted by atomic mass is 10.0. The molecule has 1 amide bonds. The fourth-order valence-electron chi connectivity index (χ4n) is 2.66. The number of nitrogens with one attached hydrogen (secondary N) is 1.